The predicted octanol–water partition coefficient (Wildman–Crippen LogP) is 1.84. The summed E-state index contributed by atoms with van der Waals surface area (Å²) in [5, 5.41) is 13.9. The lowest BCUT2D eigenvalue weighted by atomic mass is 10.1. The molecule has 0 radical (unpaired) electrons. The fourth-order valence-corrected chi connectivity index (χ4v) is 2.76. The van der Waals surface area contributed by atoms with Gasteiger partial charge in [0, 0.05) is 30.9 Å². The lowest BCUT2D eigenvalue weighted by molar-refractivity contribution is 0.121. The molecule has 0 aromatic carbocycles. The average molecular weight is 284 g/mol. The van der Waals surface area contributed by atoms with E-state index in [0.717, 1.165) is 25.2 Å². The van der Waals surface area contributed by atoms with Crippen LogP contribution in [0.4, 0.5) is 0 Å². The normalized spacial score (nSPS) is 19.5. The Morgan fingerprint density at radius 3 is 2.89 bits per heavy atom. The summed E-state index contributed by atoms with van der Waals surface area (Å²) in [5.74, 6) is 0. The number of rotatable bonds is 6. The molecular formula is C14H22ClN3O. The first-order chi connectivity index (χ1) is 9.16. The van der Waals surface area contributed by atoms with Crippen LogP contribution in [0.25, 0.3) is 0 Å². The number of aromatic nitrogens is 1. The summed E-state index contributed by atoms with van der Waals surface area (Å²) in [6.45, 7) is 5.58. The lowest BCUT2D eigenvalue weighted by Crippen LogP contribution is -2.37. The van der Waals surface area contributed by atoms with Gasteiger partial charge >= 0.3 is 0 Å². The molecule has 0 aliphatic carbocycles. The van der Waals surface area contributed by atoms with Crippen molar-refractivity contribution in [2.24, 2.45) is 0 Å². The van der Waals surface area contributed by atoms with E-state index in [1.807, 2.05) is 19.1 Å². The van der Waals surface area contributed by atoms with Crippen LogP contribution in [0.1, 0.15) is 31.4 Å². The maximum Gasteiger partial charge on any atom is 0.133 e. The zero-order chi connectivity index (χ0) is 13.7. The van der Waals surface area contributed by atoms with Gasteiger partial charge in [-0.1, -0.05) is 17.7 Å². The molecular weight excluding hydrogens is 262 g/mol. The molecule has 2 N–H and O–H groups in total. The zero-order valence-electron chi connectivity index (χ0n) is 11.3. The number of nitrogens with zero attached hydrogens (tertiary/aromatic N) is 2. The predicted molar refractivity (Wildman–Crippen MR) is 77.3 cm³/mol. The molecule has 2 rings (SSSR count). The minimum absolute atomic E-state index is 0.0921. The van der Waals surface area contributed by atoms with Gasteiger partial charge in [-0.05, 0) is 38.9 Å². The van der Waals surface area contributed by atoms with Gasteiger partial charge in [-0.2, -0.15) is 0 Å². The van der Waals surface area contributed by atoms with E-state index in [0.29, 0.717) is 11.7 Å². The minimum atomic E-state index is -0.337. The molecule has 1 aromatic heterocycles. The molecule has 2 atom stereocenters. The van der Waals surface area contributed by atoms with Crippen molar-refractivity contribution in [2.45, 2.75) is 31.9 Å². The van der Waals surface area contributed by atoms with Crippen LogP contribution >= 0.6 is 11.6 Å². The molecule has 5 heteroatoms. The van der Waals surface area contributed by atoms with Crippen molar-refractivity contribution in [3.63, 3.8) is 0 Å². The van der Waals surface area contributed by atoms with Gasteiger partial charge in [-0.25, -0.2) is 4.98 Å². The first kappa shape index (κ1) is 14.7. The Hall–Kier alpha value is -0.680. The van der Waals surface area contributed by atoms with Gasteiger partial charge in [0.15, 0.2) is 0 Å². The molecule has 106 valence electrons. The van der Waals surface area contributed by atoms with E-state index in [-0.39, 0.29) is 12.1 Å². The molecule has 0 bridgehead atoms. The van der Waals surface area contributed by atoms with Crippen LogP contribution in [0.15, 0.2) is 18.3 Å². The molecule has 2 heterocycles. The smallest absolute Gasteiger partial charge is 0.133 e. The molecule has 1 aliphatic rings. The largest absolute Gasteiger partial charge is 0.390 e. The third-order valence-corrected chi connectivity index (χ3v) is 3.90. The second kappa shape index (κ2) is 7.20. The summed E-state index contributed by atoms with van der Waals surface area (Å²) in [7, 11) is 0. The van der Waals surface area contributed by atoms with Crippen molar-refractivity contribution in [3.8, 4) is 0 Å². The Kier molecular flexibility index (Phi) is 5.58. The van der Waals surface area contributed by atoms with Gasteiger partial charge in [-0.15, -0.1) is 0 Å². The summed E-state index contributed by atoms with van der Waals surface area (Å²) in [4.78, 5) is 6.38. The van der Waals surface area contributed by atoms with Gasteiger partial charge in [0.25, 0.3) is 0 Å². The standard InChI is InChI=1S/C14H22ClN3O/c1-11(13-5-4-6-16-14(13)15)17-9-12(19)10-18-7-2-3-8-18/h4-6,11-12,17,19H,2-3,7-10H2,1H3. The summed E-state index contributed by atoms with van der Waals surface area (Å²) in [6.07, 6.45) is 3.85. The van der Waals surface area contributed by atoms with Gasteiger partial charge in [0.05, 0.1) is 6.10 Å². The third-order valence-electron chi connectivity index (χ3n) is 3.58. The van der Waals surface area contributed by atoms with Crippen LogP contribution in [-0.2, 0) is 0 Å². The number of likely N-dealkylation sites (tertiary alicyclic amines) is 1. The maximum atomic E-state index is 10.0. The molecule has 1 aromatic rings. The monoisotopic (exact) mass is 283 g/mol. The molecule has 19 heavy (non-hydrogen) atoms. The van der Waals surface area contributed by atoms with E-state index < -0.39 is 0 Å². The minimum Gasteiger partial charge on any atom is -0.390 e. The van der Waals surface area contributed by atoms with Crippen molar-refractivity contribution >= 4 is 11.6 Å². The maximum absolute atomic E-state index is 10.0. The lowest BCUT2D eigenvalue weighted by Gasteiger charge is -2.22. The zero-order valence-corrected chi connectivity index (χ0v) is 12.1. The van der Waals surface area contributed by atoms with Crippen molar-refractivity contribution in [1.82, 2.24) is 15.2 Å². The highest BCUT2D eigenvalue weighted by atomic mass is 35.5. The Morgan fingerprint density at radius 1 is 1.47 bits per heavy atom. The first-order valence-corrected chi connectivity index (χ1v) is 7.29. The van der Waals surface area contributed by atoms with Crippen LogP contribution in [0.2, 0.25) is 5.15 Å². The summed E-state index contributed by atoms with van der Waals surface area (Å²) in [5.41, 5.74) is 0.970. The Bertz CT molecular complexity index is 396. The summed E-state index contributed by atoms with van der Waals surface area (Å²) >= 11 is 6.05. The molecule has 1 fully saturated rings. The van der Waals surface area contributed by atoms with E-state index >= 15 is 0 Å². The van der Waals surface area contributed by atoms with Gasteiger partial charge in [-0.3, -0.25) is 0 Å². The summed E-state index contributed by atoms with van der Waals surface area (Å²) < 4.78 is 0. The van der Waals surface area contributed by atoms with Gasteiger partial charge in [0.2, 0.25) is 0 Å². The van der Waals surface area contributed by atoms with Crippen molar-refractivity contribution in [2.75, 3.05) is 26.2 Å². The number of aliphatic hydroxyl groups excluding tert-OH is 1. The molecule has 1 aliphatic heterocycles. The number of hydrogen-bond acceptors (Lipinski definition) is 4. The molecule has 1 saturated heterocycles. The number of pyridine rings is 1. The second-order valence-electron chi connectivity index (χ2n) is 5.17. The van der Waals surface area contributed by atoms with Crippen LogP contribution in [0.5, 0.6) is 0 Å². The van der Waals surface area contributed by atoms with Crippen molar-refractivity contribution in [3.05, 3.63) is 29.0 Å². The number of halogens is 1. The Labute approximate surface area is 119 Å². The highest BCUT2D eigenvalue weighted by Crippen LogP contribution is 2.19. The number of aliphatic hydroxyl groups is 1. The van der Waals surface area contributed by atoms with Crippen molar-refractivity contribution < 1.29 is 5.11 Å². The van der Waals surface area contributed by atoms with Crippen LogP contribution < -0.4 is 5.32 Å². The van der Waals surface area contributed by atoms with E-state index in [1.165, 1.54) is 12.8 Å². The highest BCUT2D eigenvalue weighted by Gasteiger charge is 2.17. The molecule has 4 nitrogen and oxygen atoms in total. The molecule has 0 spiro atoms. The van der Waals surface area contributed by atoms with Crippen LogP contribution in [-0.4, -0.2) is 47.3 Å². The van der Waals surface area contributed by atoms with E-state index in [9.17, 15) is 5.11 Å². The van der Waals surface area contributed by atoms with Gasteiger partial charge in [0.1, 0.15) is 5.15 Å². The van der Waals surface area contributed by atoms with Crippen LogP contribution in [0.3, 0.4) is 0 Å². The molecule has 0 saturated carbocycles. The highest BCUT2D eigenvalue weighted by molar-refractivity contribution is 6.30. The van der Waals surface area contributed by atoms with E-state index in [1.54, 1.807) is 6.20 Å². The Morgan fingerprint density at radius 2 is 2.21 bits per heavy atom. The number of nitrogens with one attached hydrogen (secondary N) is 1. The molecule has 2 unspecified atom stereocenters. The summed E-state index contributed by atoms with van der Waals surface area (Å²) in [6, 6.07) is 3.93. The van der Waals surface area contributed by atoms with Gasteiger partial charge < -0.3 is 15.3 Å². The van der Waals surface area contributed by atoms with E-state index in [4.69, 9.17) is 11.6 Å². The van der Waals surface area contributed by atoms with E-state index in [2.05, 4.69) is 15.2 Å². The van der Waals surface area contributed by atoms with Crippen molar-refractivity contribution in [1.29, 1.82) is 0 Å². The first-order valence-electron chi connectivity index (χ1n) is 6.91. The number of β-amino-alcohol motifs (C(OH)–C–C–N with tert-alkyl or cyclic N) is 1. The SMILES string of the molecule is CC(NCC(O)CN1CCCC1)c1cccnc1Cl. The average Bonchev–Trinajstić information content (AvgIpc) is 2.89. The number of hydrogen-bond donors (Lipinski definition) is 2. The van der Waals surface area contributed by atoms with Crippen LogP contribution in [0, 0.1) is 0 Å². The quantitative estimate of drug-likeness (QED) is 0.782. The fourth-order valence-electron chi connectivity index (χ4n) is 2.47. The Balaban J connectivity index is 1.76. The fraction of sp³-hybridized carbons (Fsp3) is 0.643. The second-order valence-corrected chi connectivity index (χ2v) is 5.53. The topological polar surface area (TPSA) is 48.4 Å². The third kappa shape index (κ3) is 4.42. The molecule has 0 amide bonds.